The fourth-order valence-electron chi connectivity index (χ4n) is 2.94. The van der Waals surface area contributed by atoms with Gasteiger partial charge >= 0.3 is 8.80 Å². The van der Waals surface area contributed by atoms with Crippen LogP contribution in [0.3, 0.4) is 0 Å². The lowest BCUT2D eigenvalue weighted by Crippen LogP contribution is -2.46. The van der Waals surface area contributed by atoms with Gasteiger partial charge < -0.3 is 13.3 Å². The Morgan fingerprint density at radius 2 is 0.853 bits per heavy atom. The maximum atomic E-state index is 6.34. The van der Waals surface area contributed by atoms with Gasteiger partial charge in [-0.15, -0.1) is 11.6 Å². The third-order valence-corrected chi connectivity index (χ3v) is 9.67. The van der Waals surface area contributed by atoms with Gasteiger partial charge in [-0.25, -0.2) is 0 Å². The van der Waals surface area contributed by atoms with Crippen LogP contribution < -0.4 is 0 Å². The van der Waals surface area contributed by atoms with Gasteiger partial charge in [0.1, 0.15) is 0 Å². The summed E-state index contributed by atoms with van der Waals surface area (Å²) in [6.07, 6.45) is 0. The van der Waals surface area contributed by atoms with Crippen LogP contribution in [0.2, 0.25) is 36.2 Å². The van der Waals surface area contributed by atoms with Crippen molar-refractivity contribution in [2.24, 2.45) is 0 Å². The van der Waals surface area contributed by atoms with Crippen LogP contribution in [0.1, 0.15) is 16.7 Å². The van der Waals surface area contributed by atoms with Crippen molar-refractivity contribution in [3.63, 3.8) is 0 Å². The van der Waals surface area contributed by atoms with Crippen molar-refractivity contribution in [3.8, 4) is 0 Å². The van der Waals surface area contributed by atoms with Gasteiger partial charge in [-0.1, -0.05) is 87.8 Å². The van der Waals surface area contributed by atoms with E-state index in [2.05, 4.69) is 0 Å². The highest BCUT2D eigenvalue weighted by molar-refractivity contribution is 6.61. The van der Waals surface area contributed by atoms with Gasteiger partial charge in [-0.2, -0.15) is 0 Å². The van der Waals surface area contributed by atoms with Crippen LogP contribution in [0.4, 0.5) is 0 Å². The lowest BCUT2D eigenvalue weighted by atomic mass is 10.2. The monoisotopic (exact) mass is 616 g/mol. The third kappa shape index (κ3) is 8.15. The van der Waals surface area contributed by atoms with Gasteiger partial charge in [0.15, 0.2) is 0 Å². The first-order valence-electron chi connectivity index (χ1n) is 10.0. The summed E-state index contributed by atoms with van der Waals surface area (Å²) in [4.78, 5) is 0. The first-order chi connectivity index (χ1) is 16.2. The molecule has 0 heterocycles. The fourth-order valence-corrected chi connectivity index (χ4v) is 7.06. The number of rotatable bonds is 11. The second-order valence-electron chi connectivity index (χ2n) is 7.20. The summed E-state index contributed by atoms with van der Waals surface area (Å²) in [5.41, 5.74) is 2.20. The molecular formula is C23H19Cl7O3Si. The van der Waals surface area contributed by atoms with Crippen molar-refractivity contribution >= 4 is 90.0 Å². The molecule has 0 saturated heterocycles. The molecule has 0 aliphatic rings. The van der Waals surface area contributed by atoms with Crippen LogP contribution in [-0.2, 0) is 33.1 Å². The molecule has 0 bridgehead atoms. The predicted octanol–water partition coefficient (Wildman–Crippen LogP) is 9.73. The zero-order chi connectivity index (χ0) is 24.7. The Morgan fingerprint density at radius 3 is 1.12 bits per heavy atom. The smallest absolute Gasteiger partial charge is 0.369 e. The second kappa shape index (κ2) is 13.4. The molecule has 0 amide bonds. The van der Waals surface area contributed by atoms with Crippen LogP contribution >= 0.6 is 81.2 Å². The van der Waals surface area contributed by atoms with Crippen molar-refractivity contribution in [2.45, 2.75) is 25.9 Å². The molecule has 0 unspecified atom stereocenters. The first-order valence-corrected chi connectivity index (χ1v) is 14.7. The minimum Gasteiger partial charge on any atom is -0.369 e. The fraction of sp³-hybridized carbons (Fsp3) is 0.217. The summed E-state index contributed by atoms with van der Waals surface area (Å²) < 4.78 is 18.9. The Bertz CT molecular complexity index is 995. The van der Waals surface area contributed by atoms with Crippen LogP contribution in [0.25, 0.3) is 0 Å². The van der Waals surface area contributed by atoms with Crippen molar-refractivity contribution < 1.29 is 13.3 Å². The zero-order valence-electron chi connectivity index (χ0n) is 17.6. The van der Waals surface area contributed by atoms with E-state index in [1.165, 1.54) is 0 Å². The minimum absolute atomic E-state index is 0.141. The summed E-state index contributed by atoms with van der Waals surface area (Å²) >= 11 is 43.2. The quantitative estimate of drug-likeness (QED) is 0.158. The molecule has 0 aliphatic heterocycles. The molecule has 0 saturated carbocycles. The van der Waals surface area contributed by atoms with E-state index >= 15 is 0 Å². The van der Waals surface area contributed by atoms with Crippen molar-refractivity contribution in [2.75, 3.05) is 5.88 Å². The third-order valence-electron chi connectivity index (χ3n) is 4.79. The van der Waals surface area contributed by atoms with Gasteiger partial charge in [-0.3, -0.25) is 0 Å². The molecule has 0 spiro atoms. The molecule has 0 N–H and O–H groups in total. The molecule has 0 atom stereocenters. The standard InChI is InChI=1S/C23H19Cl7O3Si/c24-7-8-34(31-12-15-1-4-18(25)9-21(15)28,32-13-16-2-5-19(26)10-22(16)29)33-14-17-3-6-20(27)11-23(17)30/h1-6,9-11H,7-8,12-14H2. The largest absolute Gasteiger partial charge is 0.503 e. The normalized spacial score (nSPS) is 11.7. The first kappa shape index (κ1) is 28.4. The van der Waals surface area contributed by atoms with Gasteiger partial charge in [0.25, 0.3) is 0 Å². The molecule has 0 aliphatic carbocycles. The minimum atomic E-state index is -3.36. The van der Waals surface area contributed by atoms with Gasteiger partial charge in [0.2, 0.25) is 0 Å². The maximum absolute atomic E-state index is 6.34. The predicted molar refractivity (Wildman–Crippen MR) is 145 cm³/mol. The molecule has 3 aromatic rings. The molecule has 182 valence electrons. The van der Waals surface area contributed by atoms with E-state index in [4.69, 9.17) is 94.5 Å². The van der Waals surface area contributed by atoms with E-state index in [0.717, 1.165) is 16.7 Å². The topological polar surface area (TPSA) is 27.7 Å². The van der Waals surface area contributed by atoms with Crippen LogP contribution in [0, 0.1) is 0 Å². The zero-order valence-corrected chi connectivity index (χ0v) is 23.9. The molecule has 3 nitrogen and oxygen atoms in total. The van der Waals surface area contributed by atoms with E-state index in [1.807, 2.05) is 0 Å². The van der Waals surface area contributed by atoms with Crippen LogP contribution in [0.5, 0.6) is 0 Å². The highest BCUT2D eigenvalue weighted by Crippen LogP contribution is 2.30. The Balaban J connectivity index is 1.85. The van der Waals surface area contributed by atoms with E-state index in [-0.39, 0.29) is 25.7 Å². The average Bonchev–Trinajstić information content (AvgIpc) is 2.77. The van der Waals surface area contributed by atoms with E-state index in [1.54, 1.807) is 54.6 Å². The Labute approximate surface area is 235 Å². The van der Waals surface area contributed by atoms with Crippen LogP contribution in [0.15, 0.2) is 54.6 Å². The number of hydrogen-bond donors (Lipinski definition) is 0. The van der Waals surface area contributed by atoms with Crippen molar-refractivity contribution in [3.05, 3.63) is 101 Å². The number of halogens is 7. The number of alkyl halides is 1. The van der Waals surface area contributed by atoms with Crippen LogP contribution in [-0.4, -0.2) is 14.7 Å². The molecule has 34 heavy (non-hydrogen) atoms. The summed E-state index contributed by atoms with van der Waals surface area (Å²) in [5.74, 6) is 0.253. The Hall–Kier alpha value is -0.213. The lowest BCUT2D eigenvalue weighted by Gasteiger charge is -2.30. The summed E-state index contributed by atoms with van der Waals surface area (Å²) in [7, 11) is -3.36. The summed E-state index contributed by atoms with van der Waals surface area (Å²) in [5, 5.41) is 3.01. The van der Waals surface area contributed by atoms with E-state index < -0.39 is 8.80 Å². The summed E-state index contributed by atoms with van der Waals surface area (Å²) in [6, 6.07) is 15.9. The van der Waals surface area contributed by atoms with Crippen molar-refractivity contribution in [1.29, 1.82) is 0 Å². The number of hydrogen-bond acceptors (Lipinski definition) is 3. The molecule has 3 rings (SSSR count). The molecule has 3 aromatic carbocycles. The van der Waals surface area contributed by atoms with E-state index in [9.17, 15) is 0 Å². The number of benzene rings is 3. The highest BCUT2D eigenvalue weighted by Gasteiger charge is 2.41. The SMILES string of the molecule is ClCC[Si](OCc1ccc(Cl)cc1Cl)(OCc1ccc(Cl)cc1Cl)OCc1ccc(Cl)cc1Cl. The van der Waals surface area contributed by atoms with E-state index in [0.29, 0.717) is 36.2 Å². The maximum Gasteiger partial charge on any atom is 0.503 e. The molecule has 0 fully saturated rings. The van der Waals surface area contributed by atoms with Gasteiger partial charge in [0, 0.05) is 42.1 Å². The molecule has 0 aromatic heterocycles. The average molecular weight is 620 g/mol. The highest BCUT2D eigenvalue weighted by atomic mass is 35.5. The summed E-state index contributed by atoms with van der Waals surface area (Å²) in [6.45, 7) is 0.422. The molecule has 0 radical (unpaired) electrons. The Kier molecular flexibility index (Phi) is 11.1. The second-order valence-corrected chi connectivity index (χ2v) is 12.8. The van der Waals surface area contributed by atoms with Gasteiger partial charge in [0.05, 0.1) is 19.8 Å². The molecular weight excluding hydrogens is 601 g/mol. The molecule has 11 heteroatoms. The van der Waals surface area contributed by atoms with Gasteiger partial charge in [-0.05, 0) is 53.1 Å². The lowest BCUT2D eigenvalue weighted by molar-refractivity contribution is 0.0441. The Morgan fingerprint density at radius 1 is 0.529 bits per heavy atom. The van der Waals surface area contributed by atoms with Crippen molar-refractivity contribution in [1.82, 2.24) is 0 Å².